The Morgan fingerprint density at radius 3 is 2.82 bits per heavy atom. The van der Waals surface area contributed by atoms with Crippen LogP contribution in [0.4, 0.5) is 4.79 Å². The SMILES string of the molecule is C[C@H](N)C(=O)N1CCC[C@@H](NC(=O)OCc2ccccc2)C1. The van der Waals surface area contributed by atoms with Crippen molar-refractivity contribution in [2.75, 3.05) is 13.1 Å². The zero-order valence-electron chi connectivity index (χ0n) is 12.8. The summed E-state index contributed by atoms with van der Waals surface area (Å²) in [4.78, 5) is 25.4. The highest BCUT2D eigenvalue weighted by molar-refractivity contribution is 5.81. The minimum Gasteiger partial charge on any atom is -0.445 e. The molecular weight excluding hydrogens is 282 g/mol. The van der Waals surface area contributed by atoms with E-state index in [0.717, 1.165) is 18.4 Å². The molecular formula is C16H23N3O3. The first kappa shape index (κ1) is 16.3. The summed E-state index contributed by atoms with van der Waals surface area (Å²) in [7, 11) is 0. The summed E-state index contributed by atoms with van der Waals surface area (Å²) in [6.07, 6.45) is 1.23. The average molecular weight is 305 g/mol. The minimum absolute atomic E-state index is 0.0795. The van der Waals surface area contributed by atoms with Crippen molar-refractivity contribution in [1.29, 1.82) is 0 Å². The molecule has 3 N–H and O–H groups in total. The Bertz CT molecular complexity index is 505. The van der Waals surface area contributed by atoms with Crippen LogP contribution in [0, 0.1) is 0 Å². The summed E-state index contributed by atoms with van der Waals surface area (Å²) in [5.74, 6) is -0.0795. The molecule has 0 radical (unpaired) electrons. The van der Waals surface area contributed by atoms with Gasteiger partial charge in [-0.25, -0.2) is 4.79 Å². The fourth-order valence-corrected chi connectivity index (χ4v) is 2.51. The van der Waals surface area contributed by atoms with E-state index < -0.39 is 12.1 Å². The molecule has 22 heavy (non-hydrogen) atoms. The minimum atomic E-state index is -0.510. The van der Waals surface area contributed by atoms with E-state index in [-0.39, 0.29) is 18.6 Å². The van der Waals surface area contributed by atoms with Crippen molar-refractivity contribution in [3.63, 3.8) is 0 Å². The Kier molecular flexibility index (Phi) is 5.77. The van der Waals surface area contributed by atoms with Crippen LogP contribution < -0.4 is 11.1 Å². The highest BCUT2D eigenvalue weighted by atomic mass is 16.5. The van der Waals surface area contributed by atoms with E-state index >= 15 is 0 Å². The molecule has 1 aromatic carbocycles. The number of likely N-dealkylation sites (tertiary alicyclic amines) is 1. The highest BCUT2D eigenvalue weighted by Gasteiger charge is 2.26. The van der Waals surface area contributed by atoms with Crippen LogP contribution in [-0.4, -0.2) is 42.1 Å². The van der Waals surface area contributed by atoms with Crippen molar-refractivity contribution in [2.45, 2.75) is 38.5 Å². The van der Waals surface area contributed by atoms with E-state index in [0.29, 0.717) is 13.1 Å². The second kappa shape index (κ2) is 7.79. The van der Waals surface area contributed by atoms with Crippen LogP contribution in [0.15, 0.2) is 30.3 Å². The summed E-state index contributed by atoms with van der Waals surface area (Å²) in [5, 5.41) is 2.82. The highest BCUT2D eigenvalue weighted by Crippen LogP contribution is 2.11. The molecule has 0 saturated carbocycles. The number of rotatable bonds is 4. The largest absolute Gasteiger partial charge is 0.445 e. The number of piperidine rings is 1. The summed E-state index contributed by atoms with van der Waals surface area (Å²) >= 11 is 0. The van der Waals surface area contributed by atoms with E-state index in [4.69, 9.17) is 10.5 Å². The summed E-state index contributed by atoms with van der Waals surface area (Å²) in [6, 6.07) is 8.91. The molecule has 1 aromatic rings. The number of alkyl carbamates (subject to hydrolysis) is 1. The first-order valence-electron chi connectivity index (χ1n) is 7.58. The van der Waals surface area contributed by atoms with Gasteiger partial charge in [0.25, 0.3) is 0 Å². The first-order chi connectivity index (χ1) is 10.6. The van der Waals surface area contributed by atoms with Crippen molar-refractivity contribution >= 4 is 12.0 Å². The predicted octanol–water partition coefficient (Wildman–Crippen LogP) is 1.25. The number of amides is 2. The van der Waals surface area contributed by atoms with Crippen molar-refractivity contribution < 1.29 is 14.3 Å². The lowest BCUT2D eigenvalue weighted by Gasteiger charge is -2.33. The van der Waals surface area contributed by atoms with E-state index in [1.54, 1.807) is 11.8 Å². The Hall–Kier alpha value is -2.08. The molecule has 6 nitrogen and oxygen atoms in total. The monoisotopic (exact) mass is 305 g/mol. The van der Waals surface area contributed by atoms with E-state index in [9.17, 15) is 9.59 Å². The molecule has 0 aliphatic carbocycles. The number of nitrogens with zero attached hydrogens (tertiary/aromatic N) is 1. The molecule has 1 saturated heterocycles. The molecule has 0 bridgehead atoms. The lowest BCUT2D eigenvalue weighted by atomic mass is 10.1. The molecule has 1 aliphatic rings. The fraction of sp³-hybridized carbons (Fsp3) is 0.500. The van der Waals surface area contributed by atoms with Gasteiger partial charge < -0.3 is 20.7 Å². The number of carbonyl (C=O) groups is 2. The maximum atomic E-state index is 11.9. The van der Waals surface area contributed by atoms with Gasteiger partial charge in [-0.05, 0) is 25.3 Å². The number of benzene rings is 1. The van der Waals surface area contributed by atoms with Crippen molar-refractivity contribution in [3.05, 3.63) is 35.9 Å². The molecule has 1 aliphatic heterocycles. The molecule has 2 atom stereocenters. The molecule has 0 spiro atoms. The third-order valence-electron chi connectivity index (χ3n) is 3.66. The van der Waals surface area contributed by atoms with Gasteiger partial charge in [0, 0.05) is 19.1 Å². The van der Waals surface area contributed by atoms with Crippen LogP contribution in [0.1, 0.15) is 25.3 Å². The lowest BCUT2D eigenvalue weighted by molar-refractivity contribution is -0.133. The van der Waals surface area contributed by atoms with Gasteiger partial charge >= 0.3 is 6.09 Å². The number of carbonyl (C=O) groups excluding carboxylic acids is 2. The van der Waals surface area contributed by atoms with Gasteiger partial charge in [-0.2, -0.15) is 0 Å². The quantitative estimate of drug-likeness (QED) is 0.877. The maximum absolute atomic E-state index is 11.9. The van der Waals surface area contributed by atoms with Crippen LogP contribution in [0.3, 0.4) is 0 Å². The van der Waals surface area contributed by atoms with Crippen molar-refractivity contribution in [1.82, 2.24) is 10.2 Å². The van der Waals surface area contributed by atoms with Gasteiger partial charge in [0.1, 0.15) is 6.61 Å². The van der Waals surface area contributed by atoms with Crippen LogP contribution in [0.2, 0.25) is 0 Å². The van der Waals surface area contributed by atoms with Gasteiger partial charge in [0.05, 0.1) is 6.04 Å². The van der Waals surface area contributed by atoms with Crippen LogP contribution in [0.5, 0.6) is 0 Å². The van der Waals surface area contributed by atoms with Gasteiger partial charge in [0.15, 0.2) is 0 Å². The van der Waals surface area contributed by atoms with Gasteiger partial charge in [-0.3, -0.25) is 4.79 Å². The lowest BCUT2D eigenvalue weighted by Crippen LogP contribution is -2.52. The van der Waals surface area contributed by atoms with Crippen molar-refractivity contribution in [3.8, 4) is 0 Å². The van der Waals surface area contributed by atoms with Crippen LogP contribution in [-0.2, 0) is 16.1 Å². The second-order valence-electron chi connectivity index (χ2n) is 5.62. The standard InChI is InChI=1S/C16H23N3O3/c1-12(17)15(20)19-9-5-8-14(10-19)18-16(21)22-11-13-6-3-2-4-7-13/h2-4,6-7,12,14H,5,8-11,17H2,1H3,(H,18,21)/t12-,14+/m0/s1. The molecule has 1 heterocycles. The van der Waals surface area contributed by atoms with E-state index in [1.165, 1.54) is 0 Å². The van der Waals surface area contributed by atoms with Gasteiger partial charge in [-0.15, -0.1) is 0 Å². The zero-order valence-corrected chi connectivity index (χ0v) is 12.8. The maximum Gasteiger partial charge on any atom is 0.407 e. The number of ether oxygens (including phenoxy) is 1. The Labute approximate surface area is 130 Å². The third-order valence-corrected chi connectivity index (χ3v) is 3.66. The molecule has 120 valence electrons. The smallest absolute Gasteiger partial charge is 0.407 e. The number of nitrogens with one attached hydrogen (secondary N) is 1. The Morgan fingerprint density at radius 2 is 2.14 bits per heavy atom. The predicted molar refractivity (Wildman–Crippen MR) is 83.0 cm³/mol. The number of hydrogen-bond donors (Lipinski definition) is 2. The number of hydrogen-bond acceptors (Lipinski definition) is 4. The molecule has 2 amide bonds. The molecule has 1 fully saturated rings. The Balaban J connectivity index is 1.77. The summed E-state index contributed by atoms with van der Waals surface area (Å²) in [6.45, 7) is 3.09. The topological polar surface area (TPSA) is 84.7 Å². The Morgan fingerprint density at radius 1 is 1.41 bits per heavy atom. The molecule has 0 aromatic heterocycles. The fourth-order valence-electron chi connectivity index (χ4n) is 2.51. The summed E-state index contributed by atoms with van der Waals surface area (Å²) in [5.41, 5.74) is 6.56. The second-order valence-corrected chi connectivity index (χ2v) is 5.62. The average Bonchev–Trinajstić information content (AvgIpc) is 2.53. The van der Waals surface area contributed by atoms with Gasteiger partial charge in [-0.1, -0.05) is 30.3 Å². The molecule has 6 heteroatoms. The van der Waals surface area contributed by atoms with Crippen LogP contribution in [0.25, 0.3) is 0 Å². The summed E-state index contributed by atoms with van der Waals surface area (Å²) < 4.78 is 5.20. The molecule has 0 unspecified atom stereocenters. The van der Waals surface area contributed by atoms with Crippen LogP contribution >= 0.6 is 0 Å². The zero-order chi connectivity index (χ0) is 15.9. The first-order valence-corrected chi connectivity index (χ1v) is 7.58. The van der Waals surface area contributed by atoms with Crippen molar-refractivity contribution in [2.24, 2.45) is 5.73 Å². The third kappa shape index (κ3) is 4.73. The number of nitrogens with two attached hydrogens (primary N) is 1. The normalized spacial score (nSPS) is 19.4. The molecule has 2 rings (SSSR count). The van der Waals surface area contributed by atoms with Gasteiger partial charge in [0.2, 0.25) is 5.91 Å². The van der Waals surface area contributed by atoms with E-state index in [2.05, 4.69) is 5.32 Å². The van der Waals surface area contributed by atoms with E-state index in [1.807, 2.05) is 30.3 Å².